The van der Waals surface area contributed by atoms with Gasteiger partial charge in [-0.05, 0) is 44.8 Å². The fourth-order valence-electron chi connectivity index (χ4n) is 2.83. The van der Waals surface area contributed by atoms with Crippen LogP contribution in [-0.4, -0.2) is 37.1 Å². The van der Waals surface area contributed by atoms with Crippen molar-refractivity contribution in [3.8, 4) is 0 Å². The van der Waals surface area contributed by atoms with Crippen LogP contribution in [-0.2, 0) is 16.0 Å². The second-order valence-electron chi connectivity index (χ2n) is 5.50. The van der Waals surface area contributed by atoms with Crippen LogP contribution in [0.5, 0.6) is 0 Å². The first-order valence-corrected chi connectivity index (χ1v) is 7.72. The van der Waals surface area contributed by atoms with Crippen LogP contribution in [0.1, 0.15) is 31.7 Å². The second-order valence-corrected chi connectivity index (χ2v) is 5.50. The van der Waals surface area contributed by atoms with Gasteiger partial charge in [-0.3, -0.25) is 4.79 Å². The summed E-state index contributed by atoms with van der Waals surface area (Å²) < 4.78 is 5.25. The summed E-state index contributed by atoms with van der Waals surface area (Å²) in [7, 11) is 0. The summed E-state index contributed by atoms with van der Waals surface area (Å²) >= 11 is 0. The Kier molecular flexibility index (Phi) is 6.06. The molecule has 1 atom stereocenters. The first-order valence-electron chi connectivity index (χ1n) is 7.72. The molecule has 0 N–H and O–H groups in total. The van der Waals surface area contributed by atoms with Gasteiger partial charge in [-0.15, -0.1) is 0 Å². The van der Waals surface area contributed by atoms with Crippen molar-refractivity contribution >= 4 is 5.97 Å². The molecule has 0 aliphatic carbocycles. The molecule has 110 valence electrons. The third-order valence-electron chi connectivity index (χ3n) is 3.87. The summed E-state index contributed by atoms with van der Waals surface area (Å²) in [6.07, 6.45) is 4.59. The van der Waals surface area contributed by atoms with Gasteiger partial charge in [-0.1, -0.05) is 36.8 Å². The maximum Gasteiger partial charge on any atom is 0.310 e. The lowest BCUT2D eigenvalue weighted by molar-refractivity contribution is -0.148. The lowest BCUT2D eigenvalue weighted by Gasteiger charge is -2.29. The van der Waals surface area contributed by atoms with Gasteiger partial charge in [0.15, 0.2) is 0 Å². The predicted octanol–water partition coefficient (Wildman–Crippen LogP) is 2.89. The average Bonchev–Trinajstić information content (AvgIpc) is 2.49. The molecule has 3 nitrogen and oxygen atoms in total. The number of carbonyl (C=O) groups is 1. The molecule has 0 amide bonds. The molecule has 20 heavy (non-hydrogen) atoms. The van der Waals surface area contributed by atoms with Gasteiger partial charge >= 0.3 is 5.97 Å². The molecule has 0 aromatic heterocycles. The number of benzene rings is 1. The predicted molar refractivity (Wildman–Crippen MR) is 80.6 cm³/mol. The van der Waals surface area contributed by atoms with Crippen LogP contribution in [0.25, 0.3) is 0 Å². The molecule has 2 rings (SSSR count). The van der Waals surface area contributed by atoms with E-state index >= 15 is 0 Å². The number of nitrogens with zero attached hydrogens (tertiary/aromatic N) is 1. The van der Waals surface area contributed by atoms with Crippen molar-refractivity contribution in [1.29, 1.82) is 0 Å². The molecule has 0 bridgehead atoms. The fraction of sp³-hybridized carbons (Fsp3) is 0.588. The highest BCUT2D eigenvalue weighted by molar-refractivity contribution is 5.73. The number of hydrogen-bond donors (Lipinski definition) is 0. The zero-order valence-corrected chi connectivity index (χ0v) is 12.4. The summed E-state index contributed by atoms with van der Waals surface area (Å²) in [6.45, 7) is 5.39. The van der Waals surface area contributed by atoms with Crippen molar-refractivity contribution in [1.82, 2.24) is 4.90 Å². The summed E-state index contributed by atoms with van der Waals surface area (Å²) in [6, 6.07) is 10.2. The summed E-state index contributed by atoms with van der Waals surface area (Å²) in [5.74, 6) is -0.0997. The fourth-order valence-corrected chi connectivity index (χ4v) is 2.83. The summed E-state index contributed by atoms with van der Waals surface area (Å²) in [5.41, 5.74) is 1.21. The van der Waals surface area contributed by atoms with E-state index in [1.54, 1.807) is 0 Å². The Hall–Kier alpha value is -1.35. The zero-order valence-electron chi connectivity index (χ0n) is 12.4. The minimum Gasteiger partial charge on any atom is -0.466 e. The molecule has 1 aromatic rings. The van der Waals surface area contributed by atoms with Gasteiger partial charge in [-0.25, -0.2) is 0 Å². The largest absolute Gasteiger partial charge is 0.466 e. The molecule has 1 saturated heterocycles. The highest BCUT2D eigenvalue weighted by Crippen LogP contribution is 2.16. The lowest BCUT2D eigenvalue weighted by Crippen LogP contribution is -2.38. The van der Waals surface area contributed by atoms with E-state index in [2.05, 4.69) is 17.0 Å². The van der Waals surface area contributed by atoms with Crippen molar-refractivity contribution in [3.63, 3.8) is 0 Å². The van der Waals surface area contributed by atoms with Crippen molar-refractivity contribution < 1.29 is 9.53 Å². The quantitative estimate of drug-likeness (QED) is 0.748. The summed E-state index contributed by atoms with van der Waals surface area (Å²) in [5, 5.41) is 0. The monoisotopic (exact) mass is 275 g/mol. The Bertz CT molecular complexity index is 399. The molecule has 3 heteroatoms. The van der Waals surface area contributed by atoms with Gasteiger partial charge in [-0.2, -0.15) is 0 Å². The molecule has 0 spiro atoms. The normalized spacial score (nSPS) is 17.6. The van der Waals surface area contributed by atoms with Crippen molar-refractivity contribution in [2.75, 3.05) is 26.2 Å². The number of hydrogen-bond acceptors (Lipinski definition) is 3. The van der Waals surface area contributed by atoms with Crippen LogP contribution in [0.4, 0.5) is 0 Å². The number of carbonyl (C=O) groups excluding carboxylic acids is 1. The molecular weight excluding hydrogens is 250 g/mol. The van der Waals surface area contributed by atoms with Gasteiger partial charge < -0.3 is 9.64 Å². The van der Waals surface area contributed by atoms with Gasteiger partial charge in [0.05, 0.1) is 12.5 Å². The van der Waals surface area contributed by atoms with E-state index in [0.717, 1.165) is 26.1 Å². The smallest absolute Gasteiger partial charge is 0.310 e. The second kappa shape index (κ2) is 8.05. The standard InChI is InChI=1S/C17H25NO2/c1-2-20-17(19)16(13-15-9-5-3-6-10-15)14-18-11-7-4-8-12-18/h3,5-6,9-10,16H,2,4,7-8,11-14H2,1H3. The van der Waals surface area contributed by atoms with Crippen molar-refractivity contribution in [3.05, 3.63) is 35.9 Å². The number of ether oxygens (including phenoxy) is 1. The third-order valence-corrected chi connectivity index (χ3v) is 3.87. The Morgan fingerprint density at radius 1 is 1.20 bits per heavy atom. The van der Waals surface area contributed by atoms with E-state index in [9.17, 15) is 4.79 Å². The number of piperidine rings is 1. The first kappa shape index (κ1) is 15.0. The van der Waals surface area contributed by atoms with Crippen molar-refractivity contribution in [2.45, 2.75) is 32.6 Å². The van der Waals surface area contributed by atoms with E-state index in [4.69, 9.17) is 4.74 Å². The van der Waals surface area contributed by atoms with E-state index in [1.807, 2.05) is 25.1 Å². The van der Waals surface area contributed by atoms with Crippen LogP contribution in [0.15, 0.2) is 30.3 Å². The van der Waals surface area contributed by atoms with Crippen LogP contribution in [0.3, 0.4) is 0 Å². The molecular formula is C17H25NO2. The summed E-state index contributed by atoms with van der Waals surface area (Å²) in [4.78, 5) is 14.6. The number of esters is 1. The molecule has 1 aliphatic rings. The van der Waals surface area contributed by atoms with Crippen LogP contribution in [0.2, 0.25) is 0 Å². The third kappa shape index (κ3) is 4.64. The number of rotatable bonds is 6. The van der Waals surface area contributed by atoms with Gasteiger partial charge in [0, 0.05) is 6.54 Å². The molecule has 1 aromatic carbocycles. The van der Waals surface area contributed by atoms with E-state index < -0.39 is 0 Å². The van der Waals surface area contributed by atoms with E-state index in [0.29, 0.717) is 6.61 Å². The molecule has 0 radical (unpaired) electrons. The first-order chi connectivity index (χ1) is 9.79. The van der Waals surface area contributed by atoms with Crippen LogP contribution >= 0.6 is 0 Å². The van der Waals surface area contributed by atoms with Gasteiger partial charge in [0.25, 0.3) is 0 Å². The molecule has 1 unspecified atom stereocenters. The Morgan fingerprint density at radius 2 is 1.90 bits per heavy atom. The van der Waals surface area contributed by atoms with Gasteiger partial charge in [0.2, 0.25) is 0 Å². The molecule has 1 heterocycles. The molecule has 0 saturated carbocycles. The SMILES string of the molecule is CCOC(=O)C(Cc1ccccc1)CN1CCCCC1. The maximum absolute atomic E-state index is 12.2. The highest BCUT2D eigenvalue weighted by atomic mass is 16.5. The zero-order chi connectivity index (χ0) is 14.2. The lowest BCUT2D eigenvalue weighted by atomic mass is 9.97. The maximum atomic E-state index is 12.2. The van der Waals surface area contributed by atoms with E-state index in [1.165, 1.54) is 24.8 Å². The average molecular weight is 275 g/mol. The van der Waals surface area contributed by atoms with Gasteiger partial charge in [0.1, 0.15) is 0 Å². The molecule has 1 aliphatic heterocycles. The van der Waals surface area contributed by atoms with Crippen LogP contribution < -0.4 is 0 Å². The highest BCUT2D eigenvalue weighted by Gasteiger charge is 2.24. The Balaban J connectivity index is 1.98. The van der Waals surface area contributed by atoms with Crippen LogP contribution in [0, 0.1) is 5.92 Å². The minimum absolute atomic E-state index is 0.0459. The van der Waals surface area contributed by atoms with Crippen molar-refractivity contribution in [2.24, 2.45) is 5.92 Å². The molecule has 1 fully saturated rings. The Labute approximate surface area is 121 Å². The Morgan fingerprint density at radius 3 is 2.55 bits per heavy atom. The van der Waals surface area contributed by atoms with E-state index in [-0.39, 0.29) is 11.9 Å². The number of likely N-dealkylation sites (tertiary alicyclic amines) is 1. The topological polar surface area (TPSA) is 29.5 Å². The minimum atomic E-state index is -0.0538.